The molecular weight excluding hydrogens is 210 g/mol. The van der Waals surface area contributed by atoms with Gasteiger partial charge < -0.3 is 0 Å². The molecule has 1 aromatic rings. The number of carbonyl (C=O) groups is 1. The lowest BCUT2D eigenvalue weighted by Gasteiger charge is -2.53. The van der Waals surface area contributed by atoms with Crippen molar-refractivity contribution in [3.63, 3.8) is 0 Å². The summed E-state index contributed by atoms with van der Waals surface area (Å²) in [4.78, 5) is 14.6. The SMILES string of the molecule is CN(C)[C@@]12CC=C[C@@H]1[C@H](c1ccccc1)C2=O. The van der Waals surface area contributed by atoms with E-state index in [1.165, 1.54) is 0 Å². The number of carbonyl (C=O) groups excluding carboxylic acids is 1. The third-order valence-electron chi connectivity index (χ3n) is 4.35. The smallest absolute Gasteiger partial charge is 0.162 e. The minimum absolute atomic E-state index is 0.0670. The van der Waals surface area contributed by atoms with Gasteiger partial charge in [-0.15, -0.1) is 0 Å². The van der Waals surface area contributed by atoms with Gasteiger partial charge in [0.2, 0.25) is 0 Å². The third-order valence-corrected chi connectivity index (χ3v) is 4.35. The third kappa shape index (κ3) is 1.22. The molecule has 0 spiro atoms. The second-order valence-corrected chi connectivity index (χ2v) is 5.23. The zero-order valence-electron chi connectivity index (χ0n) is 10.3. The summed E-state index contributed by atoms with van der Waals surface area (Å²) in [6.07, 6.45) is 5.25. The highest BCUT2D eigenvalue weighted by Gasteiger charge is 2.63. The van der Waals surface area contributed by atoms with Crippen LogP contribution in [-0.2, 0) is 4.79 Å². The summed E-state index contributed by atoms with van der Waals surface area (Å²) in [7, 11) is 4.03. The molecule has 0 radical (unpaired) electrons. The Morgan fingerprint density at radius 2 is 1.94 bits per heavy atom. The van der Waals surface area contributed by atoms with Crippen molar-refractivity contribution in [2.24, 2.45) is 5.92 Å². The van der Waals surface area contributed by atoms with Gasteiger partial charge in [-0.2, -0.15) is 0 Å². The highest BCUT2D eigenvalue weighted by molar-refractivity contribution is 6.03. The molecule has 0 heterocycles. The maximum atomic E-state index is 12.5. The van der Waals surface area contributed by atoms with Gasteiger partial charge in [0.15, 0.2) is 5.78 Å². The van der Waals surface area contributed by atoms with Gasteiger partial charge in [0.1, 0.15) is 0 Å². The van der Waals surface area contributed by atoms with Crippen LogP contribution < -0.4 is 0 Å². The largest absolute Gasteiger partial charge is 0.297 e. The van der Waals surface area contributed by atoms with E-state index in [4.69, 9.17) is 0 Å². The van der Waals surface area contributed by atoms with Crippen molar-refractivity contribution < 1.29 is 4.79 Å². The Labute approximate surface area is 102 Å². The zero-order chi connectivity index (χ0) is 12.0. The Morgan fingerprint density at radius 1 is 1.24 bits per heavy atom. The highest BCUT2D eigenvalue weighted by Crippen LogP contribution is 2.55. The van der Waals surface area contributed by atoms with Crippen molar-refractivity contribution >= 4 is 5.78 Å². The Balaban J connectivity index is 1.97. The van der Waals surface area contributed by atoms with E-state index < -0.39 is 0 Å². The van der Waals surface area contributed by atoms with Crippen LogP contribution in [0.5, 0.6) is 0 Å². The standard InChI is InChI=1S/C15H17NO/c1-16(2)15-10-6-9-12(15)13(14(15)17)11-7-4-3-5-8-11/h3-9,12-13H,10H2,1-2H3/t12-,13+,15+/m1/s1. The van der Waals surface area contributed by atoms with Gasteiger partial charge >= 0.3 is 0 Å². The molecule has 0 aromatic heterocycles. The summed E-state index contributed by atoms with van der Waals surface area (Å²) in [5.41, 5.74) is 0.909. The number of rotatable bonds is 2. The molecule has 2 heteroatoms. The van der Waals surface area contributed by atoms with Gasteiger partial charge in [-0.25, -0.2) is 0 Å². The van der Waals surface area contributed by atoms with Gasteiger partial charge in [0.05, 0.1) is 11.5 Å². The first-order valence-electron chi connectivity index (χ1n) is 6.11. The number of benzene rings is 1. The lowest BCUT2D eigenvalue weighted by atomic mass is 9.56. The van der Waals surface area contributed by atoms with Crippen molar-refractivity contribution in [3.05, 3.63) is 48.0 Å². The van der Waals surface area contributed by atoms with E-state index in [1.54, 1.807) is 0 Å². The van der Waals surface area contributed by atoms with Gasteiger partial charge in [0, 0.05) is 5.92 Å². The maximum Gasteiger partial charge on any atom is 0.162 e. The molecule has 0 amide bonds. The number of ketones is 1. The van der Waals surface area contributed by atoms with Crippen LogP contribution >= 0.6 is 0 Å². The maximum absolute atomic E-state index is 12.5. The first-order chi connectivity index (χ1) is 8.18. The Bertz CT molecular complexity index is 477. The second-order valence-electron chi connectivity index (χ2n) is 5.23. The van der Waals surface area contributed by atoms with Crippen molar-refractivity contribution in [2.45, 2.75) is 17.9 Å². The van der Waals surface area contributed by atoms with Gasteiger partial charge in [-0.05, 0) is 26.1 Å². The zero-order valence-corrected chi connectivity index (χ0v) is 10.3. The molecule has 1 saturated carbocycles. The highest BCUT2D eigenvalue weighted by atomic mass is 16.1. The quantitative estimate of drug-likeness (QED) is 0.722. The van der Waals surface area contributed by atoms with Crippen molar-refractivity contribution in [3.8, 4) is 0 Å². The first-order valence-corrected chi connectivity index (χ1v) is 6.11. The Morgan fingerprint density at radius 3 is 2.59 bits per heavy atom. The first kappa shape index (κ1) is 10.7. The predicted molar refractivity (Wildman–Crippen MR) is 67.9 cm³/mol. The molecule has 0 aliphatic heterocycles. The normalized spacial score (nSPS) is 34.9. The molecule has 2 aliphatic rings. The summed E-state index contributed by atoms with van der Waals surface area (Å²) < 4.78 is 0. The molecule has 0 saturated heterocycles. The lowest BCUT2D eigenvalue weighted by molar-refractivity contribution is -0.147. The fourth-order valence-electron chi connectivity index (χ4n) is 3.40. The van der Waals surface area contributed by atoms with Crippen LogP contribution in [0.25, 0.3) is 0 Å². The summed E-state index contributed by atoms with van der Waals surface area (Å²) in [6.45, 7) is 0. The summed E-state index contributed by atoms with van der Waals surface area (Å²) in [5.74, 6) is 0.799. The van der Waals surface area contributed by atoms with Gasteiger partial charge in [-0.3, -0.25) is 9.69 Å². The summed E-state index contributed by atoms with van der Waals surface area (Å²) in [5, 5.41) is 0. The molecule has 88 valence electrons. The number of nitrogens with zero attached hydrogens (tertiary/aromatic N) is 1. The number of hydrogen-bond acceptors (Lipinski definition) is 2. The summed E-state index contributed by atoms with van der Waals surface area (Å²) in [6, 6.07) is 10.1. The van der Waals surface area contributed by atoms with E-state index in [0.717, 1.165) is 12.0 Å². The van der Waals surface area contributed by atoms with Gasteiger partial charge in [-0.1, -0.05) is 42.5 Å². The minimum atomic E-state index is -0.249. The van der Waals surface area contributed by atoms with Crippen molar-refractivity contribution in [1.29, 1.82) is 0 Å². The van der Waals surface area contributed by atoms with E-state index in [1.807, 2.05) is 32.3 Å². The van der Waals surface area contributed by atoms with Crippen LogP contribution in [0.3, 0.4) is 0 Å². The average molecular weight is 227 g/mol. The molecule has 0 unspecified atom stereocenters. The van der Waals surface area contributed by atoms with Crippen LogP contribution in [-0.4, -0.2) is 30.3 Å². The van der Waals surface area contributed by atoms with Crippen LogP contribution in [0, 0.1) is 5.92 Å². The molecule has 3 atom stereocenters. The molecule has 3 rings (SSSR count). The summed E-state index contributed by atoms with van der Waals surface area (Å²) >= 11 is 0. The molecular formula is C15H17NO. The molecule has 1 fully saturated rings. The molecule has 2 nitrogen and oxygen atoms in total. The number of hydrogen-bond donors (Lipinski definition) is 0. The van der Waals surface area contributed by atoms with Crippen molar-refractivity contribution in [1.82, 2.24) is 4.90 Å². The molecule has 0 N–H and O–H groups in total. The van der Waals surface area contributed by atoms with E-state index in [-0.39, 0.29) is 11.5 Å². The predicted octanol–water partition coefficient (Wildman–Crippen LogP) is 2.23. The van der Waals surface area contributed by atoms with E-state index >= 15 is 0 Å². The monoisotopic (exact) mass is 227 g/mol. The van der Waals surface area contributed by atoms with Crippen LogP contribution in [0.4, 0.5) is 0 Å². The topological polar surface area (TPSA) is 20.3 Å². The molecule has 17 heavy (non-hydrogen) atoms. The fraction of sp³-hybridized carbons (Fsp3) is 0.400. The van der Waals surface area contributed by atoms with E-state index in [9.17, 15) is 4.79 Å². The van der Waals surface area contributed by atoms with Gasteiger partial charge in [0.25, 0.3) is 0 Å². The molecule has 2 aliphatic carbocycles. The number of fused-ring (bicyclic) bond motifs is 1. The molecule has 0 bridgehead atoms. The Kier molecular flexibility index (Phi) is 2.23. The average Bonchev–Trinajstić information content (AvgIpc) is 2.70. The van der Waals surface area contributed by atoms with E-state index in [2.05, 4.69) is 29.2 Å². The van der Waals surface area contributed by atoms with Crippen LogP contribution in [0.2, 0.25) is 0 Å². The number of Topliss-reactive ketones (excluding diaryl/α,β-unsaturated/α-hetero) is 1. The fourth-order valence-corrected chi connectivity index (χ4v) is 3.40. The number of likely N-dealkylation sites (N-methyl/N-ethyl adjacent to an activating group) is 1. The molecule has 1 aromatic carbocycles. The van der Waals surface area contributed by atoms with E-state index in [0.29, 0.717) is 11.7 Å². The van der Waals surface area contributed by atoms with Crippen molar-refractivity contribution in [2.75, 3.05) is 14.1 Å². The lowest BCUT2D eigenvalue weighted by Crippen LogP contribution is -2.66. The Hall–Kier alpha value is -1.41. The van der Waals surface area contributed by atoms with Crippen LogP contribution in [0.15, 0.2) is 42.5 Å². The second kappa shape index (κ2) is 3.54. The minimum Gasteiger partial charge on any atom is -0.297 e. The van der Waals surface area contributed by atoms with Crippen LogP contribution in [0.1, 0.15) is 17.9 Å².